The van der Waals surface area contributed by atoms with Gasteiger partial charge in [-0.15, -0.1) is 0 Å². The standard InChI is InChI=1S/C16H16BrNO/c17-15-6-5-14(16(19)9-15)11-18-8-7-12-3-1-2-4-13(12)10-18/h1-6,9,19H,7-8,10-11H2. The number of halogens is 1. The molecule has 3 rings (SSSR count). The first-order chi connectivity index (χ1) is 9.22. The third-order valence-corrected chi connectivity index (χ3v) is 4.14. The second-order valence-electron chi connectivity index (χ2n) is 5.00. The van der Waals surface area contributed by atoms with Gasteiger partial charge in [0.05, 0.1) is 0 Å². The first-order valence-corrected chi connectivity index (χ1v) is 7.28. The van der Waals surface area contributed by atoms with Gasteiger partial charge in [-0.05, 0) is 29.7 Å². The number of hydrogen-bond acceptors (Lipinski definition) is 2. The predicted molar refractivity (Wildman–Crippen MR) is 80.1 cm³/mol. The summed E-state index contributed by atoms with van der Waals surface area (Å²) < 4.78 is 0.915. The molecule has 1 heterocycles. The Morgan fingerprint density at radius 2 is 1.89 bits per heavy atom. The Kier molecular flexibility index (Phi) is 3.58. The molecule has 0 fully saturated rings. The van der Waals surface area contributed by atoms with E-state index in [1.54, 1.807) is 6.07 Å². The maximum Gasteiger partial charge on any atom is 0.121 e. The van der Waals surface area contributed by atoms with Crippen molar-refractivity contribution in [3.05, 3.63) is 63.6 Å². The number of nitrogens with zero attached hydrogens (tertiary/aromatic N) is 1. The number of hydrogen-bond donors (Lipinski definition) is 1. The average Bonchev–Trinajstić information content (AvgIpc) is 2.42. The van der Waals surface area contributed by atoms with Gasteiger partial charge in [-0.25, -0.2) is 0 Å². The van der Waals surface area contributed by atoms with Crippen molar-refractivity contribution in [1.82, 2.24) is 4.90 Å². The minimum atomic E-state index is 0.369. The molecule has 2 aromatic rings. The van der Waals surface area contributed by atoms with Crippen molar-refractivity contribution in [3.8, 4) is 5.75 Å². The number of aromatic hydroxyl groups is 1. The zero-order valence-electron chi connectivity index (χ0n) is 10.6. The Labute approximate surface area is 121 Å². The van der Waals surface area contributed by atoms with Crippen LogP contribution < -0.4 is 0 Å². The molecule has 1 N–H and O–H groups in total. The quantitative estimate of drug-likeness (QED) is 0.912. The number of phenolic OH excluding ortho intramolecular Hbond substituents is 1. The molecule has 0 bridgehead atoms. The van der Waals surface area contributed by atoms with E-state index in [2.05, 4.69) is 45.1 Å². The van der Waals surface area contributed by atoms with Crippen molar-refractivity contribution in [2.24, 2.45) is 0 Å². The molecule has 0 atom stereocenters. The van der Waals surface area contributed by atoms with E-state index < -0.39 is 0 Å². The first-order valence-electron chi connectivity index (χ1n) is 6.49. The molecule has 0 radical (unpaired) electrons. The van der Waals surface area contributed by atoms with Crippen molar-refractivity contribution in [2.75, 3.05) is 6.54 Å². The minimum Gasteiger partial charge on any atom is -0.508 e. The molecule has 2 aromatic carbocycles. The smallest absolute Gasteiger partial charge is 0.121 e. The molecule has 0 unspecified atom stereocenters. The van der Waals surface area contributed by atoms with Gasteiger partial charge in [-0.2, -0.15) is 0 Å². The van der Waals surface area contributed by atoms with Crippen molar-refractivity contribution in [3.63, 3.8) is 0 Å². The third kappa shape index (κ3) is 2.82. The topological polar surface area (TPSA) is 23.5 Å². The van der Waals surface area contributed by atoms with E-state index >= 15 is 0 Å². The zero-order chi connectivity index (χ0) is 13.2. The Bertz CT molecular complexity index is 597. The summed E-state index contributed by atoms with van der Waals surface area (Å²) in [4.78, 5) is 2.38. The molecule has 19 heavy (non-hydrogen) atoms. The Morgan fingerprint density at radius 1 is 1.11 bits per heavy atom. The lowest BCUT2D eigenvalue weighted by molar-refractivity contribution is 0.242. The zero-order valence-corrected chi connectivity index (χ0v) is 12.2. The van der Waals surface area contributed by atoms with Crippen molar-refractivity contribution in [1.29, 1.82) is 0 Å². The van der Waals surface area contributed by atoms with E-state index in [-0.39, 0.29) is 0 Å². The highest BCUT2D eigenvalue weighted by Crippen LogP contribution is 2.26. The van der Waals surface area contributed by atoms with Gasteiger partial charge in [0.15, 0.2) is 0 Å². The molecule has 98 valence electrons. The van der Waals surface area contributed by atoms with Gasteiger partial charge >= 0.3 is 0 Å². The molecule has 2 nitrogen and oxygen atoms in total. The fraction of sp³-hybridized carbons (Fsp3) is 0.250. The summed E-state index contributed by atoms with van der Waals surface area (Å²) in [7, 11) is 0. The lowest BCUT2D eigenvalue weighted by Crippen LogP contribution is -2.29. The third-order valence-electron chi connectivity index (χ3n) is 3.65. The van der Waals surface area contributed by atoms with E-state index in [9.17, 15) is 5.11 Å². The number of phenols is 1. The van der Waals surface area contributed by atoms with Crippen LogP contribution in [-0.2, 0) is 19.5 Å². The lowest BCUT2D eigenvalue weighted by Gasteiger charge is -2.28. The van der Waals surface area contributed by atoms with E-state index in [1.165, 1.54) is 11.1 Å². The number of benzene rings is 2. The van der Waals surface area contributed by atoms with Crippen LogP contribution in [0.15, 0.2) is 46.9 Å². The van der Waals surface area contributed by atoms with Gasteiger partial charge in [0.1, 0.15) is 5.75 Å². The van der Waals surface area contributed by atoms with Gasteiger partial charge < -0.3 is 5.11 Å². The highest BCUT2D eigenvalue weighted by Gasteiger charge is 2.16. The van der Waals surface area contributed by atoms with Gasteiger partial charge in [0, 0.05) is 29.7 Å². The van der Waals surface area contributed by atoms with Gasteiger partial charge in [0.25, 0.3) is 0 Å². The van der Waals surface area contributed by atoms with Crippen molar-refractivity contribution < 1.29 is 5.11 Å². The van der Waals surface area contributed by atoms with Gasteiger partial charge in [0.2, 0.25) is 0 Å². The highest BCUT2D eigenvalue weighted by atomic mass is 79.9. The summed E-state index contributed by atoms with van der Waals surface area (Å²) in [6.07, 6.45) is 1.09. The summed E-state index contributed by atoms with van der Waals surface area (Å²) in [5, 5.41) is 9.96. The van der Waals surface area contributed by atoms with Crippen LogP contribution in [-0.4, -0.2) is 16.6 Å². The highest BCUT2D eigenvalue weighted by molar-refractivity contribution is 9.10. The summed E-state index contributed by atoms with van der Waals surface area (Å²) in [5.41, 5.74) is 3.85. The maximum atomic E-state index is 9.96. The Hall–Kier alpha value is -1.32. The summed E-state index contributed by atoms with van der Waals surface area (Å²) in [6, 6.07) is 14.3. The minimum absolute atomic E-state index is 0.369. The first kappa shape index (κ1) is 12.7. The molecule has 0 aliphatic carbocycles. The molecule has 1 aliphatic heterocycles. The van der Waals surface area contributed by atoms with Crippen LogP contribution in [0.4, 0.5) is 0 Å². The molecular formula is C16H16BrNO. The average molecular weight is 318 g/mol. The number of rotatable bonds is 2. The van der Waals surface area contributed by atoms with Crippen LogP contribution in [0.3, 0.4) is 0 Å². The van der Waals surface area contributed by atoms with Crippen molar-refractivity contribution in [2.45, 2.75) is 19.5 Å². The van der Waals surface area contributed by atoms with Gasteiger partial charge in [-0.3, -0.25) is 4.90 Å². The predicted octanol–water partition coefficient (Wildman–Crippen LogP) is 3.71. The molecule has 3 heteroatoms. The van der Waals surface area contributed by atoms with Crippen LogP contribution in [0.2, 0.25) is 0 Å². The number of fused-ring (bicyclic) bond motifs is 1. The fourth-order valence-corrected chi connectivity index (χ4v) is 2.95. The maximum absolute atomic E-state index is 9.96. The van der Waals surface area contributed by atoms with E-state index in [0.717, 1.165) is 36.1 Å². The molecule has 1 aliphatic rings. The Balaban J connectivity index is 1.75. The monoisotopic (exact) mass is 317 g/mol. The van der Waals surface area contributed by atoms with Crippen LogP contribution in [0.25, 0.3) is 0 Å². The molecule has 0 amide bonds. The van der Waals surface area contributed by atoms with E-state index in [1.807, 2.05) is 12.1 Å². The second-order valence-corrected chi connectivity index (χ2v) is 5.92. The fourth-order valence-electron chi connectivity index (χ4n) is 2.60. The summed E-state index contributed by atoms with van der Waals surface area (Å²) >= 11 is 3.37. The van der Waals surface area contributed by atoms with Crippen molar-refractivity contribution >= 4 is 15.9 Å². The molecule has 0 aromatic heterocycles. The van der Waals surface area contributed by atoms with Crippen LogP contribution in [0.5, 0.6) is 5.75 Å². The largest absolute Gasteiger partial charge is 0.508 e. The normalized spacial score (nSPS) is 15.2. The molecule has 0 spiro atoms. The van der Waals surface area contributed by atoms with Crippen LogP contribution in [0, 0.1) is 0 Å². The lowest BCUT2D eigenvalue weighted by atomic mass is 9.99. The van der Waals surface area contributed by atoms with Crippen LogP contribution >= 0.6 is 15.9 Å². The molecule has 0 saturated heterocycles. The van der Waals surface area contributed by atoms with E-state index in [0.29, 0.717) is 5.75 Å². The second kappa shape index (κ2) is 5.35. The van der Waals surface area contributed by atoms with Crippen LogP contribution in [0.1, 0.15) is 16.7 Å². The SMILES string of the molecule is Oc1cc(Br)ccc1CN1CCc2ccccc2C1. The summed E-state index contributed by atoms with van der Waals surface area (Å²) in [6.45, 7) is 2.81. The summed E-state index contributed by atoms with van der Waals surface area (Å²) in [5.74, 6) is 0.369. The Morgan fingerprint density at radius 3 is 2.68 bits per heavy atom. The van der Waals surface area contributed by atoms with E-state index in [4.69, 9.17) is 0 Å². The molecular weight excluding hydrogens is 302 g/mol. The molecule has 0 saturated carbocycles. The van der Waals surface area contributed by atoms with Gasteiger partial charge in [-0.1, -0.05) is 46.3 Å².